The summed E-state index contributed by atoms with van der Waals surface area (Å²) in [4.78, 5) is 33.1. The molecule has 2 aliphatic heterocycles. The summed E-state index contributed by atoms with van der Waals surface area (Å²) in [7, 11) is 0. The molecule has 3 heterocycles. The van der Waals surface area contributed by atoms with E-state index < -0.39 is 12.1 Å². The SMILES string of the molecule is O=C1OC(C(=O)Nc2nc3c(s2)CN(Cc2ccccc2)CC3)Cc2ccccc21. The predicted molar refractivity (Wildman–Crippen MR) is 114 cm³/mol. The fourth-order valence-corrected chi connectivity index (χ4v) is 5.00. The number of carbonyl (C=O) groups excluding carboxylic acids is 2. The number of aromatic nitrogens is 1. The van der Waals surface area contributed by atoms with Gasteiger partial charge in [-0.2, -0.15) is 0 Å². The molecule has 30 heavy (non-hydrogen) atoms. The molecule has 3 aromatic rings. The summed E-state index contributed by atoms with van der Waals surface area (Å²) in [5.74, 6) is -0.780. The first-order valence-electron chi connectivity index (χ1n) is 10.0. The van der Waals surface area contributed by atoms with Crippen LogP contribution in [0.3, 0.4) is 0 Å². The van der Waals surface area contributed by atoms with Crippen LogP contribution >= 0.6 is 11.3 Å². The third-order valence-electron chi connectivity index (χ3n) is 5.47. The number of nitrogens with zero attached hydrogens (tertiary/aromatic N) is 2. The molecular formula is C23H21N3O3S. The molecule has 1 unspecified atom stereocenters. The molecule has 0 saturated carbocycles. The maximum absolute atomic E-state index is 12.7. The first-order valence-corrected chi connectivity index (χ1v) is 10.8. The second-order valence-electron chi connectivity index (χ2n) is 7.58. The van der Waals surface area contributed by atoms with E-state index in [1.165, 1.54) is 21.8 Å². The van der Waals surface area contributed by atoms with Gasteiger partial charge in [-0.3, -0.25) is 15.0 Å². The van der Waals surface area contributed by atoms with E-state index in [2.05, 4.69) is 39.5 Å². The molecule has 2 aliphatic rings. The topological polar surface area (TPSA) is 71.5 Å². The highest BCUT2D eigenvalue weighted by atomic mass is 32.1. The molecule has 1 aromatic heterocycles. The maximum atomic E-state index is 12.7. The molecule has 1 N–H and O–H groups in total. The second kappa shape index (κ2) is 8.01. The van der Waals surface area contributed by atoms with E-state index >= 15 is 0 Å². The van der Waals surface area contributed by atoms with Crippen LogP contribution in [0.5, 0.6) is 0 Å². The maximum Gasteiger partial charge on any atom is 0.339 e. The van der Waals surface area contributed by atoms with Crippen molar-refractivity contribution in [2.45, 2.75) is 32.0 Å². The highest BCUT2D eigenvalue weighted by Crippen LogP contribution is 2.30. The Balaban J connectivity index is 1.24. The zero-order valence-corrected chi connectivity index (χ0v) is 17.2. The van der Waals surface area contributed by atoms with Crippen molar-refractivity contribution in [3.8, 4) is 0 Å². The van der Waals surface area contributed by atoms with Gasteiger partial charge in [0.25, 0.3) is 5.91 Å². The van der Waals surface area contributed by atoms with Crippen molar-refractivity contribution in [3.05, 3.63) is 81.9 Å². The van der Waals surface area contributed by atoms with Crippen LogP contribution in [0.15, 0.2) is 54.6 Å². The van der Waals surface area contributed by atoms with Gasteiger partial charge in [-0.15, -0.1) is 11.3 Å². The summed E-state index contributed by atoms with van der Waals surface area (Å²) in [5.41, 5.74) is 3.71. The lowest BCUT2D eigenvalue weighted by Crippen LogP contribution is -2.37. The number of anilines is 1. The Hall–Kier alpha value is -3.03. The van der Waals surface area contributed by atoms with Crippen LogP contribution in [0.25, 0.3) is 0 Å². The number of cyclic esters (lactones) is 1. The molecule has 5 rings (SSSR count). The van der Waals surface area contributed by atoms with Gasteiger partial charge < -0.3 is 4.74 Å². The van der Waals surface area contributed by atoms with Crippen molar-refractivity contribution >= 4 is 28.3 Å². The number of benzene rings is 2. The van der Waals surface area contributed by atoms with E-state index in [1.807, 2.05) is 18.2 Å². The lowest BCUT2D eigenvalue weighted by molar-refractivity contribution is -0.125. The minimum absolute atomic E-state index is 0.329. The summed E-state index contributed by atoms with van der Waals surface area (Å²) in [6.07, 6.45) is 0.409. The summed E-state index contributed by atoms with van der Waals surface area (Å²) in [6, 6.07) is 17.7. The van der Waals surface area contributed by atoms with E-state index in [0.717, 1.165) is 37.3 Å². The van der Waals surface area contributed by atoms with Gasteiger partial charge >= 0.3 is 5.97 Å². The summed E-state index contributed by atoms with van der Waals surface area (Å²) < 4.78 is 5.35. The van der Waals surface area contributed by atoms with Crippen molar-refractivity contribution in [2.75, 3.05) is 11.9 Å². The molecule has 0 fully saturated rings. The number of esters is 1. The van der Waals surface area contributed by atoms with E-state index in [0.29, 0.717) is 17.1 Å². The summed E-state index contributed by atoms with van der Waals surface area (Å²) in [5, 5.41) is 3.43. The Morgan fingerprint density at radius 3 is 2.83 bits per heavy atom. The first kappa shape index (κ1) is 19.0. The van der Waals surface area contributed by atoms with E-state index in [1.54, 1.807) is 12.1 Å². The molecule has 2 aromatic carbocycles. The van der Waals surface area contributed by atoms with Crippen LogP contribution in [-0.2, 0) is 35.5 Å². The van der Waals surface area contributed by atoms with Gasteiger partial charge in [-0.1, -0.05) is 48.5 Å². The fraction of sp³-hybridized carbons (Fsp3) is 0.261. The third-order valence-corrected chi connectivity index (χ3v) is 6.47. The van der Waals surface area contributed by atoms with E-state index in [4.69, 9.17) is 4.74 Å². The highest BCUT2D eigenvalue weighted by Gasteiger charge is 2.32. The van der Waals surface area contributed by atoms with Gasteiger partial charge in [0.15, 0.2) is 11.2 Å². The van der Waals surface area contributed by atoms with Crippen LogP contribution in [0.1, 0.15) is 32.1 Å². The summed E-state index contributed by atoms with van der Waals surface area (Å²) >= 11 is 1.50. The smallest absolute Gasteiger partial charge is 0.339 e. The molecule has 0 radical (unpaired) electrons. The van der Waals surface area contributed by atoms with Crippen molar-refractivity contribution in [3.63, 3.8) is 0 Å². The normalized spacial score (nSPS) is 18.3. The molecule has 7 heteroatoms. The quantitative estimate of drug-likeness (QED) is 0.656. The highest BCUT2D eigenvalue weighted by molar-refractivity contribution is 7.15. The minimum Gasteiger partial charge on any atom is -0.448 e. The van der Waals surface area contributed by atoms with Crippen LogP contribution in [0.4, 0.5) is 5.13 Å². The number of ether oxygens (including phenoxy) is 1. The molecule has 152 valence electrons. The van der Waals surface area contributed by atoms with Crippen LogP contribution in [0, 0.1) is 0 Å². The number of hydrogen-bond acceptors (Lipinski definition) is 6. The van der Waals surface area contributed by atoms with Crippen LogP contribution < -0.4 is 5.32 Å². The predicted octanol–water partition coefficient (Wildman–Crippen LogP) is 3.42. The molecular weight excluding hydrogens is 398 g/mol. The van der Waals surface area contributed by atoms with Gasteiger partial charge in [0.1, 0.15) is 0 Å². The van der Waals surface area contributed by atoms with Gasteiger partial charge in [-0.25, -0.2) is 9.78 Å². The Labute approximate surface area is 178 Å². The van der Waals surface area contributed by atoms with Gasteiger partial charge in [-0.05, 0) is 17.2 Å². The molecule has 0 aliphatic carbocycles. The summed E-state index contributed by atoms with van der Waals surface area (Å²) in [6.45, 7) is 2.66. The molecule has 0 spiro atoms. The first-order chi connectivity index (χ1) is 14.7. The largest absolute Gasteiger partial charge is 0.448 e. The number of rotatable bonds is 4. The van der Waals surface area contributed by atoms with Gasteiger partial charge in [0, 0.05) is 37.4 Å². The second-order valence-corrected chi connectivity index (χ2v) is 8.66. The standard InChI is InChI=1S/C23H21N3O3S/c27-21(19-12-16-8-4-5-9-17(16)22(28)29-19)25-23-24-18-10-11-26(14-20(18)30-23)13-15-6-2-1-3-7-15/h1-9,19H,10-14H2,(H,24,25,27). The Morgan fingerprint density at radius 2 is 1.97 bits per heavy atom. The average Bonchev–Trinajstić information content (AvgIpc) is 3.16. The Bertz CT molecular complexity index is 1100. The van der Waals surface area contributed by atoms with Crippen molar-refractivity contribution in [1.82, 2.24) is 9.88 Å². The third kappa shape index (κ3) is 3.86. The lowest BCUT2D eigenvalue weighted by Gasteiger charge is -2.25. The van der Waals surface area contributed by atoms with Crippen molar-refractivity contribution in [2.24, 2.45) is 0 Å². The van der Waals surface area contributed by atoms with Gasteiger partial charge in [0.05, 0.1) is 11.3 Å². The molecule has 0 bridgehead atoms. The molecule has 6 nitrogen and oxygen atoms in total. The fourth-order valence-electron chi connectivity index (χ4n) is 3.94. The number of nitrogens with one attached hydrogen (secondary N) is 1. The monoisotopic (exact) mass is 419 g/mol. The van der Waals surface area contributed by atoms with Crippen LogP contribution in [0.2, 0.25) is 0 Å². The van der Waals surface area contributed by atoms with Crippen molar-refractivity contribution < 1.29 is 14.3 Å². The number of thiazole rings is 1. The zero-order valence-electron chi connectivity index (χ0n) is 16.3. The minimum atomic E-state index is -0.831. The molecule has 1 amide bonds. The number of carbonyl (C=O) groups is 2. The van der Waals surface area contributed by atoms with E-state index in [-0.39, 0.29) is 5.91 Å². The lowest BCUT2D eigenvalue weighted by atomic mass is 9.98. The molecule has 1 atom stereocenters. The van der Waals surface area contributed by atoms with Gasteiger partial charge in [0.2, 0.25) is 0 Å². The molecule has 0 saturated heterocycles. The van der Waals surface area contributed by atoms with E-state index in [9.17, 15) is 9.59 Å². The Morgan fingerprint density at radius 1 is 1.17 bits per heavy atom. The number of hydrogen-bond donors (Lipinski definition) is 1. The average molecular weight is 420 g/mol. The zero-order chi connectivity index (χ0) is 20.5. The van der Waals surface area contributed by atoms with Crippen LogP contribution in [-0.4, -0.2) is 34.4 Å². The van der Waals surface area contributed by atoms with Crippen molar-refractivity contribution in [1.29, 1.82) is 0 Å². The number of amides is 1. The Kier molecular flexibility index (Phi) is 5.06. The number of fused-ring (bicyclic) bond motifs is 2.